The quantitative estimate of drug-likeness (QED) is 0.791. The number of benzene rings is 2. The first-order valence-corrected chi connectivity index (χ1v) is 5.65. The van der Waals surface area contributed by atoms with Crippen LogP contribution in [-0.4, -0.2) is 7.11 Å². The molecule has 0 radical (unpaired) electrons. The fraction of sp³-hybridized carbons (Fsp3) is 0.200. The Hall–Kier alpha value is -1.96. The molecule has 0 bridgehead atoms. The first-order chi connectivity index (χ1) is 8.29. The molecular weight excluding hydrogens is 212 g/mol. The first-order valence-electron chi connectivity index (χ1n) is 5.65. The van der Waals surface area contributed by atoms with Gasteiger partial charge in [-0.1, -0.05) is 36.4 Å². The number of methoxy groups -OCH3 is 1. The molecule has 0 heterocycles. The molecule has 2 heteroatoms. The lowest BCUT2D eigenvalue weighted by Crippen LogP contribution is -2.02. The van der Waals surface area contributed by atoms with E-state index < -0.39 is 0 Å². The molecule has 2 aromatic rings. The lowest BCUT2D eigenvalue weighted by molar-refractivity contribution is 0.226. The zero-order valence-electron chi connectivity index (χ0n) is 10.1. The molecule has 0 fully saturated rings. The van der Waals surface area contributed by atoms with Crippen molar-refractivity contribution in [1.82, 2.24) is 0 Å². The highest BCUT2D eigenvalue weighted by Crippen LogP contribution is 2.24. The standard InChI is InChI=1S/C15H16O2/c1-12(13-7-4-3-5-8-13)17-15-10-6-9-14(11-15)16-2/h3-12H,1-2H3. The molecule has 0 saturated heterocycles. The molecule has 88 valence electrons. The van der Waals surface area contributed by atoms with Crippen LogP contribution in [0.2, 0.25) is 0 Å². The highest BCUT2D eigenvalue weighted by Gasteiger charge is 2.06. The van der Waals surface area contributed by atoms with Crippen LogP contribution in [0.1, 0.15) is 18.6 Å². The van der Waals surface area contributed by atoms with E-state index in [4.69, 9.17) is 9.47 Å². The van der Waals surface area contributed by atoms with Gasteiger partial charge in [0.1, 0.15) is 17.6 Å². The van der Waals surface area contributed by atoms with Crippen molar-refractivity contribution in [1.29, 1.82) is 0 Å². The van der Waals surface area contributed by atoms with Crippen molar-refractivity contribution < 1.29 is 9.47 Å². The first kappa shape index (κ1) is 11.5. The van der Waals surface area contributed by atoms with Crippen LogP contribution in [-0.2, 0) is 0 Å². The summed E-state index contributed by atoms with van der Waals surface area (Å²) in [6, 6.07) is 17.8. The monoisotopic (exact) mass is 228 g/mol. The topological polar surface area (TPSA) is 18.5 Å². The van der Waals surface area contributed by atoms with Gasteiger partial charge < -0.3 is 9.47 Å². The largest absolute Gasteiger partial charge is 0.497 e. The van der Waals surface area contributed by atoms with Gasteiger partial charge in [0.25, 0.3) is 0 Å². The van der Waals surface area contributed by atoms with E-state index in [2.05, 4.69) is 12.1 Å². The molecule has 0 aliphatic rings. The molecule has 0 spiro atoms. The Morgan fingerprint density at radius 3 is 2.29 bits per heavy atom. The van der Waals surface area contributed by atoms with Crippen molar-refractivity contribution >= 4 is 0 Å². The van der Waals surface area contributed by atoms with Crippen LogP contribution in [0.3, 0.4) is 0 Å². The van der Waals surface area contributed by atoms with E-state index in [1.807, 2.05) is 49.4 Å². The molecule has 17 heavy (non-hydrogen) atoms. The van der Waals surface area contributed by atoms with Crippen molar-refractivity contribution in [3.05, 3.63) is 60.2 Å². The fourth-order valence-corrected chi connectivity index (χ4v) is 1.67. The van der Waals surface area contributed by atoms with E-state index in [0.717, 1.165) is 17.1 Å². The summed E-state index contributed by atoms with van der Waals surface area (Å²) < 4.78 is 11.0. The smallest absolute Gasteiger partial charge is 0.123 e. The normalized spacial score (nSPS) is 11.9. The minimum Gasteiger partial charge on any atom is -0.497 e. The van der Waals surface area contributed by atoms with E-state index >= 15 is 0 Å². The SMILES string of the molecule is COc1cccc(OC(C)c2ccccc2)c1. The second kappa shape index (κ2) is 5.39. The van der Waals surface area contributed by atoms with Gasteiger partial charge in [-0.25, -0.2) is 0 Å². The van der Waals surface area contributed by atoms with Gasteiger partial charge in [0, 0.05) is 6.07 Å². The molecule has 2 rings (SSSR count). The molecule has 0 saturated carbocycles. The zero-order valence-corrected chi connectivity index (χ0v) is 10.1. The average Bonchev–Trinajstić information content (AvgIpc) is 2.40. The molecule has 0 aromatic heterocycles. The Morgan fingerprint density at radius 2 is 1.59 bits per heavy atom. The molecule has 0 amide bonds. The number of ether oxygens (including phenoxy) is 2. The van der Waals surface area contributed by atoms with Gasteiger partial charge in [-0.15, -0.1) is 0 Å². The molecule has 1 unspecified atom stereocenters. The van der Waals surface area contributed by atoms with Crippen molar-refractivity contribution in [3.8, 4) is 11.5 Å². The summed E-state index contributed by atoms with van der Waals surface area (Å²) in [6.45, 7) is 2.04. The van der Waals surface area contributed by atoms with Gasteiger partial charge in [-0.2, -0.15) is 0 Å². The van der Waals surface area contributed by atoms with E-state index in [1.165, 1.54) is 0 Å². The van der Waals surface area contributed by atoms with Gasteiger partial charge in [-0.05, 0) is 24.6 Å². The number of hydrogen-bond donors (Lipinski definition) is 0. The predicted molar refractivity (Wildman–Crippen MR) is 68.5 cm³/mol. The van der Waals surface area contributed by atoms with Crippen LogP contribution < -0.4 is 9.47 Å². The number of hydrogen-bond acceptors (Lipinski definition) is 2. The number of rotatable bonds is 4. The molecule has 0 aliphatic heterocycles. The molecule has 2 nitrogen and oxygen atoms in total. The highest BCUT2D eigenvalue weighted by atomic mass is 16.5. The lowest BCUT2D eigenvalue weighted by Gasteiger charge is -2.15. The maximum absolute atomic E-state index is 5.86. The molecule has 0 N–H and O–H groups in total. The highest BCUT2D eigenvalue weighted by molar-refractivity contribution is 5.33. The van der Waals surface area contributed by atoms with E-state index in [-0.39, 0.29) is 6.10 Å². The van der Waals surface area contributed by atoms with Crippen molar-refractivity contribution in [2.24, 2.45) is 0 Å². The Bertz CT molecular complexity index is 465. The van der Waals surface area contributed by atoms with Crippen LogP contribution in [0.15, 0.2) is 54.6 Å². The maximum atomic E-state index is 5.86. The minimum atomic E-state index is 0.0308. The van der Waals surface area contributed by atoms with Crippen LogP contribution in [0.4, 0.5) is 0 Å². The third kappa shape index (κ3) is 3.00. The van der Waals surface area contributed by atoms with Crippen LogP contribution >= 0.6 is 0 Å². The van der Waals surface area contributed by atoms with Crippen LogP contribution in [0.25, 0.3) is 0 Å². The van der Waals surface area contributed by atoms with Crippen molar-refractivity contribution in [2.45, 2.75) is 13.0 Å². The maximum Gasteiger partial charge on any atom is 0.123 e. The average molecular weight is 228 g/mol. The molecule has 2 aromatic carbocycles. The van der Waals surface area contributed by atoms with Crippen molar-refractivity contribution in [2.75, 3.05) is 7.11 Å². The van der Waals surface area contributed by atoms with E-state index in [1.54, 1.807) is 7.11 Å². The Morgan fingerprint density at radius 1 is 0.882 bits per heavy atom. The van der Waals surface area contributed by atoms with Crippen LogP contribution in [0, 0.1) is 0 Å². The summed E-state index contributed by atoms with van der Waals surface area (Å²) in [6.07, 6.45) is 0.0308. The van der Waals surface area contributed by atoms with Gasteiger partial charge >= 0.3 is 0 Å². The Kier molecular flexibility index (Phi) is 3.66. The van der Waals surface area contributed by atoms with Gasteiger partial charge in [0.15, 0.2) is 0 Å². The van der Waals surface area contributed by atoms with Gasteiger partial charge in [0.05, 0.1) is 7.11 Å². The summed E-state index contributed by atoms with van der Waals surface area (Å²) in [4.78, 5) is 0. The van der Waals surface area contributed by atoms with Gasteiger partial charge in [-0.3, -0.25) is 0 Å². The van der Waals surface area contributed by atoms with Crippen LogP contribution in [0.5, 0.6) is 11.5 Å². The zero-order chi connectivity index (χ0) is 12.1. The summed E-state index contributed by atoms with van der Waals surface area (Å²) in [5.74, 6) is 1.63. The summed E-state index contributed by atoms with van der Waals surface area (Å²) >= 11 is 0. The Balaban J connectivity index is 2.10. The lowest BCUT2D eigenvalue weighted by atomic mass is 10.1. The fourth-order valence-electron chi connectivity index (χ4n) is 1.67. The second-order valence-corrected chi connectivity index (χ2v) is 3.85. The third-order valence-corrected chi connectivity index (χ3v) is 2.62. The summed E-state index contributed by atoms with van der Waals surface area (Å²) in [5, 5.41) is 0. The molecule has 1 atom stereocenters. The predicted octanol–water partition coefficient (Wildman–Crippen LogP) is 3.84. The molecule has 0 aliphatic carbocycles. The van der Waals surface area contributed by atoms with E-state index in [9.17, 15) is 0 Å². The van der Waals surface area contributed by atoms with Gasteiger partial charge in [0.2, 0.25) is 0 Å². The van der Waals surface area contributed by atoms with E-state index in [0.29, 0.717) is 0 Å². The second-order valence-electron chi connectivity index (χ2n) is 3.85. The van der Waals surface area contributed by atoms with Crippen molar-refractivity contribution in [3.63, 3.8) is 0 Å². The third-order valence-electron chi connectivity index (χ3n) is 2.62. The summed E-state index contributed by atoms with van der Waals surface area (Å²) in [5.41, 5.74) is 1.16. The Labute approximate surface area is 102 Å². The summed E-state index contributed by atoms with van der Waals surface area (Å²) in [7, 11) is 1.65. The minimum absolute atomic E-state index is 0.0308. The molecular formula is C15H16O2.